The third-order valence-corrected chi connectivity index (χ3v) is 6.76. The Kier molecular flexibility index (Phi) is 7.60. The van der Waals surface area contributed by atoms with E-state index in [1.807, 2.05) is 65.3 Å². The molecule has 1 atom stereocenters. The number of fused-ring (bicyclic) bond motifs is 1. The van der Waals surface area contributed by atoms with Crippen LogP contribution in [0.4, 0.5) is 0 Å². The Bertz CT molecular complexity index is 1550. The largest absolute Gasteiger partial charge is 0.497 e. The van der Waals surface area contributed by atoms with Gasteiger partial charge in [-0.15, -0.1) is 5.10 Å². The molecule has 0 aliphatic carbocycles. The molecule has 38 heavy (non-hydrogen) atoms. The first-order chi connectivity index (χ1) is 18.5. The second kappa shape index (κ2) is 11.4. The van der Waals surface area contributed by atoms with Gasteiger partial charge in [0, 0.05) is 24.7 Å². The smallest absolute Gasteiger partial charge is 0.252 e. The fraction of sp³-hybridized carbons (Fsp3) is 0.267. The number of benzene rings is 3. The molecule has 0 fully saturated rings. The summed E-state index contributed by atoms with van der Waals surface area (Å²) in [6.07, 6.45) is 0. The van der Waals surface area contributed by atoms with Gasteiger partial charge >= 0.3 is 0 Å². The Hall–Kier alpha value is -4.30. The van der Waals surface area contributed by atoms with Crippen LogP contribution in [0.2, 0.25) is 0 Å². The van der Waals surface area contributed by atoms with Crippen molar-refractivity contribution in [1.82, 2.24) is 30.1 Å². The molecule has 2 heterocycles. The Labute approximate surface area is 221 Å². The first-order valence-corrected chi connectivity index (χ1v) is 12.8. The predicted molar refractivity (Wildman–Crippen MR) is 148 cm³/mol. The lowest BCUT2D eigenvalue weighted by molar-refractivity contribution is 0.126. The minimum Gasteiger partial charge on any atom is -0.497 e. The van der Waals surface area contributed by atoms with E-state index in [9.17, 15) is 4.79 Å². The van der Waals surface area contributed by atoms with Gasteiger partial charge in [0.1, 0.15) is 5.75 Å². The highest BCUT2D eigenvalue weighted by molar-refractivity contribution is 5.80. The van der Waals surface area contributed by atoms with Crippen LogP contribution < -0.4 is 10.3 Å². The van der Waals surface area contributed by atoms with E-state index in [4.69, 9.17) is 4.74 Å². The molecule has 0 amide bonds. The van der Waals surface area contributed by atoms with Crippen molar-refractivity contribution in [2.24, 2.45) is 5.92 Å². The number of methoxy groups -OCH3 is 1. The van der Waals surface area contributed by atoms with Gasteiger partial charge in [-0.25, -0.2) is 4.68 Å². The lowest BCUT2D eigenvalue weighted by Gasteiger charge is -2.33. The summed E-state index contributed by atoms with van der Waals surface area (Å²) in [6.45, 7) is 5.99. The van der Waals surface area contributed by atoms with Gasteiger partial charge in [-0.05, 0) is 51.1 Å². The first kappa shape index (κ1) is 25.4. The second-order valence-electron chi connectivity index (χ2n) is 9.84. The minimum atomic E-state index is -0.125. The Balaban J connectivity index is 1.54. The van der Waals surface area contributed by atoms with Crippen molar-refractivity contribution < 1.29 is 4.74 Å². The lowest BCUT2D eigenvalue weighted by Crippen LogP contribution is -2.35. The monoisotopic (exact) mass is 508 g/mol. The van der Waals surface area contributed by atoms with E-state index < -0.39 is 0 Å². The fourth-order valence-corrected chi connectivity index (χ4v) is 4.93. The van der Waals surface area contributed by atoms with E-state index in [0.29, 0.717) is 30.9 Å². The number of ether oxygens (including phenoxy) is 1. The molecular weight excluding hydrogens is 476 g/mol. The molecule has 0 radical (unpaired) electrons. The molecule has 8 nitrogen and oxygen atoms in total. The van der Waals surface area contributed by atoms with Crippen LogP contribution in [0, 0.1) is 5.92 Å². The van der Waals surface area contributed by atoms with Gasteiger partial charge < -0.3 is 9.72 Å². The molecule has 0 bridgehead atoms. The summed E-state index contributed by atoms with van der Waals surface area (Å²) in [5, 5.41) is 13.8. The Morgan fingerprint density at radius 3 is 2.32 bits per heavy atom. The summed E-state index contributed by atoms with van der Waals surface area (Å²) in [4.78, 5) is 18.6. The predicted octanol–water partition coefficient (Wildman–Crippen LogP) is 4.97. The van der Waals surface area contributed by atoms with Crippen molar-refractivity contribution in [3.8, 4) is 5.75 Å². The van der Waals surface area contributed by atoms with E-state index in [-0.39, 0.29) is 17.5 Å². The molecule has 1 N–H and O–H groups in total. The molecule has 5 rings (SSSR count). The zero-order chi connectivity index (χ0) is 26.5. The summed E-state index contributed by atoms with van der Waals surface area (Å²) in [5.41, 5.74) is 3.60. The number of hydrogen-bond acceptors (Lipinski definition) is 6. The Morgan fingerprint density at radius 1 is 0.921 bits per heavy atom. The number of rotatable bonds is 10. The van der Waals surface area contributed by atoms with E-state index >= 15 is 0 Å². The number of aromatic amines is 1. The first-order valence-electron chi connectivity index (χ1n) is 12.8. The van der Waals surface area contributed by atoms with Gasteiger partial charge in [0.25, 0.3) is 5.56 Å². The lowest BCUT2D eigenvalue weighted by atomic mass is 9.99. The van der Waals surface area contributed by atoms with Crippen LogP contribution in [-0.4, -0.2) is 37.2 Å². The van der Waals surface area contributed by atoms with E-state index in [0.717, 1.165) is 27.9 Å². The highest BCUT2D eigenvalue weighted by atomic mass is 16.5. The number of tetrazole rings is 1. The van der Waals surface area contributed by atoms with Crippen molar-refractivity contribution in [1.29, 1.82) is 0 Å². The highest BCUT2D eigenvalue weighted by Crippen LogP contribution is 2.30. The number of H-pyrrole nitrogens is 1. The van der Waals surface area contributed by atoms with Crippen molar-refractivity contribution in [2.45, 2.75) is 39.5 Å². The van der Waals surface area contributed by atoms with Gasteiger partial charge in [0.2, 0.25) is 0 Å². The number of aromatic nitrogens is 5. The van der Waals surface area contributed by atoms with E-state index in [1.54, 1.807) is 7.11 Å². The number of nitrogens with one attached hydrogen (secondary N) is 1. The molecule has 0 saturated heterocycles. The molecule has 0 spiro atoms. The number of nitrogens with zero attached hydrogens (tertiary/aromatic N) is 5. The second-order valence-corrected chi connectivity index (χ2v) is 9.84. The standard InChI is InChI=1S/C30H32N6O2/c1-21(2)28(29-32-33-34-36(29)19-23-12-8-5-9-13-23)35(18-22-10-6-4-7-11-22)20-25-16-24-14-15-26(38-3)17-27(24)31-30(25)37/h4-17,21,28H,18-20H2,1-3H3,(H,31,37)/t28-/m0/s1. The van der Waals surface area contributed by atoms with E-state index in [1.165, 1.54) is 0 Å². The maximum Gasteiger partial charge on any atom is 0.252 e. The summed E-state index contributed by atoms with van der Waals surface area (Å²) >= 11 is 0. The molecular formula is C30H32N6O2. The SMILES string of the molecule is COc1ccc2cc(CN(Cc3ccccc3)[C@H](c3nnnn3Cc3ccccc3)C(C)C)c(=O)[nH]c2c1. The van der Waals surface area contributed by atoms with Crippen LogP contribution in [-0.2, 0) is 19.6 Å². The molecule has 0 unspecified atom stereocenters. The molecule has 0 aliphatic heterocycles. The quantitative estimate of drug-likeness (QED) is 0.287. The maximum atomic E-state index is 13.2. The normalized spacial score (nSPS) is 12.3. The van der Waals surface area contributed by atoms with Crippen LogP contribution in [0.3, 0.4) is 0 Å². The number of hydrogen-bond donors (Lipinski definition) is 1. The van der Waals surface area contributed by atoms with Crippen molar-refractivity contribution >= 4 is 10.9 Å². The van der Waals surface area contributed by atoms with Gasteiger partial charge in [-0.3, -0.25) is 9.69 Å². The van der Waals surface area contributed by atoms with Crippen LogP contribution in [0.15, 0.2) is 89.7 Å². The van der Waals surface area contributed by atoms with Gasteiger partial charge in [-0.2, -0.15) is 0 Å². The van der Waals surface area contributed by atoms with Crippen molar-refractivity contribution in [3.05, 3.63) is 118 Å². The summed E-state index contributed by atoms with van der Waals surface area (Å²) < 4.78 is 7.19. The van der Waals surface area contributed by atoms with Gasteiger partial charge in [0.15, 0.2) is 5.82 Å². The molecule has 0 aliphatic rings. The zero-order valence-corrected chi connectivity index (χ0v) is 21.9. The topological polar surface area (TPSA) is 88.9 Å². The van der Waals surface area contributed by atoms with Gasteiger partial charge in [-0.1, -0.05) is 74.5 Å². The Morgan fingerprint density at radius 2 is 1.63 bits per heavy atom. The van der Waals surface area contributed by atoms with Gasteiger partial charge in [0.05, 0.1) is 25.2 Å². The molecule has 3 aromatic carbocycles. The minimum absolute atomic E-state index is 0.116. The zero-order valence-electron chi connectivity index (χ0n) is 21.9. The fourth-order valence-electron chi connectivity index (χ4n) is 4.93. The molecule has 5 aromatic rings. The summed E-state index contributed by atoms with van der Waals surface area (Å²) in [5.74, 6) is 1.67. The molecule has 194 valence electrons. The van der Waals surface area contributed by atoms with Crippen LogP contribution >= 0.6 is 0 Å². The highest BCUT2D eigenvalue weighted by Gasteiger charge is 2.30. The van der Waals surface area contributed by atoms with Crippen LogP contribution in [0.5, 0.6) is 5.75 Å². The molecule has 0 saturated carbocycles. The van der Waals surface area contributed by atoms with E-state index in [2.05, 4.69) is 63.5 Å². The number of pyridine rings is 1. The summed E-state index contributed by atoms with van der Waals surface area (Å²) in [7, 11) is 1.62. The third-order valence-electron chi connectivity index (χ3n) is 6.76. The van der Waals surface area contributed by atoms with Crippen molar-refractivity contribution in [3.63, 3.8) is 0 Å². The maximum absolute atomic E-state index is 13.2. The van der Waals surface area contributed by atoms with Crippen molar-refractivity contribution in [2.75, 3.05) is 7.11 Å². The average Bonchev–Trinajstić information content (AvgIpc) is 3.37. The third kappa shape index (κ3) is 5.65. The average molecular weight is 509 g/mol. The molecule has 2 aromatic heterocycles. The van der Waals surface area contributed by atoms with Crippen LogP contribution in [0.1, 0.15) is 42.4 Å². The molecule has 8 heteroatoms. The summed E-state index contributed by atoms with van der Waals surface area (Å²) in [6, 6.07) is 28.0. The van der Waals surface area contributed by atoms with Crippen LogP contribution in [0.25, 0.3) is 10.9 Å².